The van der Waals surface area contributed by atoms with Gasteiger partial charge in [-0.1, -0.05) is 18.9 Å². The molecular formula is C19H37N3. The van der Waals surface area contributed by atoms with E-state index in [0.29, 0.717) is 0 Å². The van der Waals surface area contributed by atoms with Crippen molar-refractivity contribution in [3.8, 4) is 0 Å². The summed E-state index contributed by atoms with van der Waals surface area (Å²) in [6, 6.07) is 0. The molecule has 2 aliphatic rings. The average Bonchev–Trinajstić information content (AvgIpc) is 3.02. The first-order chi connectivity index (χ1) is 10.3. The molecule has 0 saturated carbocycles. The highest BCUT2D eigenvalue weighted by molar-refractivity contribution is 5.34. The number of piperidine rings is 1. The Bertz CT molecular complexity index is 397. The lowest BCUT2D eigenvalue weighted by Crippen LogP contribution is -2.57. The highest BCUT2D eigenvalue weighted by atomic mass is 15.3. The molecule has 1 N–H and O–H groups in total. The van der Waals surface area contributed by atoms with E-state index in [1.54, 1.807) is 11.1 Å². The summed E-state index contributed by atoms with van der Waals surface area (Å²) >= 11 is 0. The summed E-state index contributed by atoms with van der Waals surface area (Å²) in [4.78, 5) is 5.35. The lowest BCUT2D eigenvalue weighted by atomic mass is 9.74. The van der Waals surface area contributed by atoms with E-state index in [9.17, 15) is 0 Å². The lowest BCUT2D eigenvalue weighted by molar-refractivity contribution is 0.0835. The van der Waals surface area contributed by atoms with Crippen molar-refractivity contribution in [1.29, 1.82) is 0 Å². The largest absolute Gasteiger partial charge is 0.303 e. The van der Waals surface area contributed by atoms with Gasteiger partial charge in [0.25, 0.3) is 0 Å². The number of nitrogens with zero attached hydrogens (tertiary/aromatic N) is 2. The van der Waals surface area contributed by atoms with Crippen molar-refractivity contribution in [2.45, 2.75) is 78.3 Å². The van der Waals surface area contributed by atoms with Gasteiger partial charge >= 0.3 is 0 Å². The maximum absolute atomic E-state index is 3.51. The molecule has 2 fully saturated rings. The molecule has 2 saturated heterocycles. The average molecular weight is 308 g/mol. The Morgan fingerprint density at radius 2 is 1.50 bits per heavy atom. The Morgan fingerprint density at radius 1 is 0.909 bits per heavy atom. The summed E-state index contributed by atoms with van der Waals surface area (Å²) in [5.41, 5.74) is 3.48. The first-order valence-corrected chi connectivity index (χ1v) is 9.23. The van der Waals surface area contributed by atoms with E-state index in [0.717, 1.165) is 26.2 Å². The topological polar surface area (TPSA) is 18.5 Å². The Balaban J connectivity index is 2.37. The van der Waals surface area contributed by atoms with Gasteiger partial charge in [0.2, 0.25) is 0 Å². The van der Waals surface area contributed by atoms with Crippen LogP contribution in [0.2, 0.25) is 0 Å². The van der Waals surface area contributed by atoms with Crippen molar-refractivity contribution in [2.75, 3.05) is 32.8 Å². The number of likely N-dealkylation sites (tertiary alicyclic amines) is 1. The van der Waals surface area contributed by atoms with Crippen molar-refractivity contribution < 1.29 is 0 Å². The van der Waals surface area contributed by atoms with Crippen LogP contribution in [0.15, 0.2) is 11.1 Å². The van der Waals surface area contributed by atoms with Gasteiger partial charge in [0, 0.05) is 30.8 Å². The van der Waals surface area contributed by atoms with E-state index in [2.05, 4.69) is 56.7 Å². The van der Waals surface area contributed by atoms with Gasteiger partial charge in [-0.25, -0.2) is 0 Å². The summed E-state index contributed by atoms with van der Waals surface area (Å²) in [7, 11) is 0. The minimum absolute atomic E-state index is 0.116. The molecule has 0 atom stereocenters. The number of nitrogens with one attached hydrogen (secondary N) is 1. The maximum atomic E-state index is 3.51. The van der Waals surface area contributed by atoms with Crippen molar-refractivity contribution in [3.05, 3.63) is 11.1 Å². The summed E-state index contributed by atoms with van der Waals surface area (Å²) in [5.74, 6) is 0. The van der Waals surface area contributed by atoms with Gasteiger partial charge in [0.15, 0.2) is 0 Å². The number of hydrogen-bond acceptors (Lipinski definition) is 3. The van der Waals surface area contributed by atoms with E-state index >= 15 is 0 Å². The molecule has 0 aliphatic carbocycles. The fourth-order valence-electron chi connectivity index (χ4n) is 4.72. The molecule has 0 amide bonds. The molecule has 3 heteroatoms. The Kier molecular flexibility index (Phi) is 5.73. The molecule has 0 aromatic rings. The van der Waals surface area contributed by atoms with Crippen molar-refractivity contribution in [2.24, 2.45) is 0 Å². The van der Waals surface area contributed by atoms with Crippen molar-refractivity contribution in [1.82, 2.24) is 15.1 Å². The predicted molar refractivity (Wildman–Crippen MR) is 96.1 cm³/mol. The molecule has 22 heavy (non-hydrogen) atoms. The van der Waals surface area contributed by atoms with E-state index in [1.807, 2.05) is 0 Å². The lowest BCUT2D eigenvalue weighted by Gasteiger charge is -2.51. The van der Waals surface area contributed by atoms with Crippen LogP contribution in [0.1, 0.15) is 67.2 Å². The SMILES string of the molecule is CCC(C)=C(C(C)(C)N1CCCCC1)C(C)(C)N1CCNC1. The maximum Gasteiger partial charge on any atom is 0.0489 e. The third kappa shape index (κ3) is 3.42. The van der Waals surface area contributed by atoms with Crippen LogP contribution >= 0.6 is 0 Å². The van der Waals surface area contributed by atoms with Crippen molar-refractivity contribution in [3.63, 3.8) is 0 Å². The van der Waals surface area contributed by atoms with Gasteiger partial charge in [0.05, 0.1) is 0 Å². The summed E-state index contributed by atoms with van der Waals surface area (Å²) in [5, 5.41) is 3.51. The van der Waals surface area contributed by atoms with Crippen LogP contribution in [-0.4, -0.2) is 53.7 Å². The molecule has 0 spiro atoms. The van der Waals surface area contributed by atoms with Crippen LogP contribution in [0.4, 0.5) is 0 Å². The van der Waals surface area contributed by atoms with Gasteiger partial charge in [-0.3, -0.25) is 9.80 Å². The quantitative estimate of drug-likeness (QED) is 0.783. The fourth-order valence-corrected chi connectivity index (χ4v) is 4.72. The molecule has 128 valence electrons. The second-order valence-corrected chi connectivity index (χ2v) is 8.10. The van der Waals surface area contributed by atoms with Gasteiger partial charge in [-0.2, -0.15) is 0 Å². The highest BCUT2D eigenvalue weighted by Gasteiger charge is 2.43. The molecule has 0 radical (unpaired) electrons. The van der Waals surface area contributed by atoms with Crippen LogP contribution in [0.25, 0.3) is 0 Å². The molecule has 2 aliphatic heterocycles. The van der Waals surface area contributed by atoms with Crippen LogP contribution in [0, 0.1) is 0 Å². The van der Waals surface area contributed by atoms with Gasteiger partial charge < -0.3 is 5.32 Å². The highest BCUT2D eigenvalue weighted by Crippen LogP contribution is 2.40. The summed E-state index contributed by atoms with van der Waals surface area (Å²) in [6.07, 6.45) is 5.26. The normalized spacial score (nSPS) is 23.7. The number of hydrogen-bond donors (Lipinski definition) is 1. The molecule has 3 nitrogen and oxygen atoms in total. The van der Waals surface area contributed by atoms with Crippen LogP contribution < -0.4 is 5.32 Å². The first-order valence-electron chi connectivity index (χ1n) is 9.23. The summed E-state index contributed by atoms with van der Waals surface area (Å²) in [6.45, 7) is 20.2. The minimum Gasteiger partial charge on any atom is -0.303 e. The smallest absolute Gasteiger partial charge is 0.0489 e. The molecule has 2 rings (SSSR count). The zero-order valence-corrected chi connectivity index (χ0v) is 15.8. The van der Waals surface area contributed by atoms with E-state index in [-0.39, 0.29) is 11.1 Å². The monoisotopic (exact) mass is 307 g/mol. The first kappa shape index (κ1) is 18.0. The predicted octanol–water partition coefficient (Wildman–Crippen LogP) is 3.62. The zero-order chi connectivity index (χ0) is 16.4. The standard InChI is InChI=1S/C19H37N3/c1-7-16(2)17(19(5,6)22-14-11-20-15-22)18(3,4)21-12-9-8-10-13-21/h20H,7-15H2,1-6H3. The second-order valence-electron chi connectivity index (χ2n) is 8.10. The van der Waals surface area contributed by atoms with Gasteiger partial charge in [0.1, 0.15) is 0 Å². The van der Waals surface area contributed by atoms with Crippen LogP contribution in [0.5, 0.6) is 0 Å². The second kappa shape index (κ2) is 7.02. The third-order valence-electron chi connectivity index (χ3n) is 5.98. The molecule has 0 aromatic heterocycles. The van der Waals surface area contributed by atoms with Crippen molar-refractivity contribution >= 4 is 0 Å². The third-order valence-corrected chi connectivity index (χ3v) is 5.98. The minimum atomic E-state index is 0.116. The molecule has 0 aromatic carbocycles. The van der Waals surface area contributed by atoms with Gasteiger partial charge in [-0.15, -0.1) is 0 Å². The molecule has 0 unspecified atom stereocenters. The zero-order valence-electron chi connectivity index (χ0n) is 15.8. The Hall–Kier alpha value is -0.380. The molecular weight excluding hydrogens is 270 g/mol. The van der Waals surface area contributed by atoms with Crippen LogP contribution in [-0.2, 0) is 0 Å². The van der Waals surface area contributed by atoms with Crippen LogP contribution in [0.3, 0.4) is 0 Å². The Labute approximate surface area is 138 Å². The number of allylic oxidation sites excluding steroid dienone is 1. The van der Waals surface area contributed by atoms with Gasteiger partial charge in [-0.05, 0) is 72.5 Å². The number of rotatable bonds is 5. The summed E-state index contributed by atoms with van der Waals surface area (Å²) < 4.78 is 0. The fraction of sp³-hybridized carbons (Fsp3) is 0.895. The molecule has 0 bridgehead atoms. The van der Waals surface area contributed by atoms with E-state index in [1.165, 1.54) is 32.4 Å². The molecule has 2 heterocycles. The van der Waals surface area contributed by atoms with E-state index < -0.39 is 0 Å². The Morgan fingerprint density at radius 3 is 2.00 bits per heavy atom. The van der Waals surface area contributed by atoms with E-state index in [4.69, 9.17) is 0 Å².